The molecule has 1 atom stereocenters. The average molecular weight is 262 g/mol. The van der Waals surface area contributed by atoms with Gasteiger partial charge in [-0.05, 0) is 44.7 Å². The number of benzene rings is 1. The van der Waals surface area contributed by atoms with Crippen molar-refractivity contribution in [3.63, 3.8) is 0 Å². The Morgan fingerprint density at radius 3 is 2.89 bits per heavy atom. The van der Waals surface area contributed by atoms with Gasteiger partial charge in [0, 0.05) is 24.3 Å². The molecule has 0 bridgehead atoms. The lowest BCUT2D eigenvalue weighted by molar-refractivity contribution is 0.341. The molecule has 2 N–H and O–H groups in total. The van der Waals surface area contributed by atoms with Gasteiger partial charge in [-0.15, -0.1) is 0 Å². The SMILES string of the molecule is CCCC1CCCCN1c1ccc(N)c(OCC)c1. The van der Waals surface area contributed by atoms with Crippen molar-refractivity contribution in [3.8, 4) is 5.75 Å². The van der Waals surface area contributed by atoms with Crippen molar-refractivity contribution in [2.75, 3.05) is 23.8 Å². The summed E-state index contributed by atoms with van der Waals surface area (Å²) < 4.78 is 5.61. The lowest BCUT2D eigenvalue weighted by Gasteiger charge is -2.38. The van der Waals surface area contributed by atoms with Crippen molar-refractivity contribution in [3.05, 3.63) is 18.2 Å². The van der Waals surface area contributed by atoms with E-state index in [9.17, 15) is 0 Å². The first-order valence-corrected chi connectivity index (χ1v) is 7.55. The van der Waals surface area contributed by atoms with Crippen molar-refractivity contribution in [1.82, 2.24) is 0 Å². The second kappa shape index (κ2) is 6.69. The van der Waals surface area contributed by atoms with Crippen molar-refractivity contribution in [1.29, 1.82) is 0 Å². The third-order valence-electron chi connectivity index (χ3n) is 3.88. The largest absolute Gasteiger partial charge is 0.492 e. The number of hydrogen-bond acceptors (Lipinski definition) is 3. The summed E-state index contributed by atoms with van der Waals surface area (Å²) in [5.41, 5.74) is 7.95. The number of rotatable bonds is 5. The fourth-order valence-corrected chi connectivity index (χ4v) is 2.96. The van der Waals surface area contributed by atoms with Gasteiger partial charge in [-0.3, -0.25) is 0 Å². The highest BCUT2D eigenvalue weighted by Gasteiger charge is 2.22. The molecule has 1 saturated heterocycles. The zero-order valence-corrected chi connectivity index (χ0v) is 12.2. The Labute approximate surface area is 116 Å². The summed E-state index contributed by atoms with van der Waals surface area (Å²) in [4.78, 5) is 2.54. The van der Waals surface area contributed by atoms with Gasteiger partial charge in [0.1, 0.15) is 5.75 Å². The molecule has 1 aliphatic heterocycles. The standard InChI is InChI=1S/C16H26N2O/c1-3-7-13-8-5-6-11-18(13)14-9-10-15(17)16(12-14)19-4-2/h9-10,12-13H,3-8,11,17H2,1-2H3. The Hall–Kier alpha value is -1.38. The third-order valence-corrected chi connectivity index (χ3v) is 3.88. The highest BCUT2D eigenvalue weighted by atomic mass is 16.5. The molecular formula is C16H26N2O. The van der Waals surface area contributed by atoms with Gasteiger partial charge < -0.3 is 15.4 Å². The summed E-state index contributed by atoms with van der Waals surface area (Å²) in [6.45, 7) is 6.07. The van der Waals surface area contributed by atoms with Crippen LogP contribution < -0.4 is 15.4 Å². The minimum Gasteiger partial charge on any atom is -0.492 e. The minimum atomic E-state index is 0.659. The normalized spacial score (nSPS) is 19.5. The van der Waals surface area contributed by atoms with E-state index < -0.39 is 0 Å². The maximum absolute atomic E-state index is 5.95. The van der Waals surface area contributed by atoms with Crippen molar-refractivity contribution < 1.29 is 4.74 Å². The number of nitrogens with two attached hydrogens (primary N) is 1. The summed E-state index contributed by atoms with van der Waals surface area (Å²) in [6, 6.07) is 6.88. The molecule has 0 spiro atoms. The van der Waals surface area contributed by atoms with E-state index in [0.29, 0.717) is 12.6 Å². The molecule has 1 heterocycles. The second-order valence-electron chi connectivity index (χ2n) is 5.29. The molecule has 3 heteroatoms. The van der Waals surface area contributed by atoms with Gasteiger partial charge in [0.25, 0.3) is 0 Å². The fourth-order valence-electron chi connectivity index (χ4n) is 2.96. The summed E-state index contributed by atoms with van der Waals surface area (Å²) in [5.74, 6) is 0.820. The van der Waals surface area contributed by atoms with Gasteiger partial charge in [-0.25, -0.2) is 0 Å². The smallest absolute Gasteiger partial charge is 0.144 e. The van der Waals surface area contributed by atoms with Crippen LogP contribution in [-0.2, 0) is 0 Å². The summed E-state index contributed by atoms with van der Waals surface area (Å²) in [7, 11) is 0. The zero-order chi connectivity index (χ0) is 13.7. The van der Waals surface area contributed by atoms with E-state index >= 15 is 0 Å². The van der Waals surface area contributed by atoms with E-state index in [4.69, 9.17) is 10.5 Å². The Bertz CT molecular complexity index is 404. The maximum atomic E-state index is 5.95. The van der Waals surface area contributed by atoms with Crippen LogP contribution in [0.2, 0.25) is 0 Å². The van der Waals surface area contributed by atoms with Gasteiger partial charge in [0.2, 0.25) is 0 Å². The number of hydrogen-bond donors (Lipinski definition) is 1. The summed E-state index contributed by atoms with van der Waals surface area (Å²) in [6.07, 6.45) is 6.47. The summed E-state index contributed by atoms with van der Waals surface area (Å²) in [5, 5.41) is 0. The molecule has 1 unspecified atom stereocenters. The minimum absolute atomic E-state index is 0.659. The molecule has 0 saturated carbocycles. The molecule has 1 aliphatic rings. The van der Waals surface area contributed by atoms with Crippen LogP contribution in [0.3, 0.4) is 0 Å². The Morgan fingerprint density at radius 2 is 2.16 bits per heavy atom. The summed E-state index contributed by atoms with van der Waals surface area (Å²) >= 11 is 0. The van der Waals surface area contributed by atoms with E-state index in [2.05, 4.69) is 24.0 Å². The van der Waals surface area contributed by atoms with Crippen LogP contribution in [-0.4, -0.2) is 19.2 Å². The quantitative estimate of drug-likeness (QED) is 0.820. The van der Waals surface area contributed by atoms with Gasteiger partial charge in [-0.2, -0.15) is 0 Å². The second-order valence-corrected chi connectivity index (χ2v) is 5.29. The molecule has 2 rings (SSSR count). The van der Waals surface area contributed by atoms with Crippen LogP contribution in [0.4, 0.5) is 11.4 Å². The van der Waals surface area contributed by atoms with Crippen molar-refractivity contribution in [2.24, 2.45) is 0 Å². The van der Waals surface area contributed by atoms with E-state index in [1.807, 2.05) is 13.0 Å². The van der Waals surface area contributed by atoms with Gasteiger partial charge in [0.15, 0.2) is 0 Å². The van der Waals surface area contributed by atoms with Crippen LogP contribution in [0.5, 0.6) is 5.75 Å². The van der Waals surface area contributed by atoms with E-state index in [1.165, 1.54) is 37.8 Å². The Balaban J connectivity index is 2.20. The predicted octanol–water partition coefficient (Wildman–Crippen LogP) is 3.83. The maximum Gasteiger partial charge on any atom is 0.144 e. The van der Waals surface area contributed by atoms with Crippen LogP contribution in [0, 0.1) is 0 Å². The Morgan fingerprint density at radius 1 is 1.32 bits per heavy atom. The van der Waals surface area contributed by atoms with Crippen LogP contribution in [0.1, 0.15) is 46.0 Å². The first-order chi connectivity index (χ1) is 9.26. The molecule has 3 nitrogen and oxygen atoms in total. The molecule has 0 radical (unpaired) electrons. The molecule has 0 aromatic heterocycles. The van der Waals surface area contributed by atoms with Crippen molar-refractivity contribution in [2.45, 2.75) is 52.0 Å². The monoisotopic (exact) mass is 262 g/mol. The molecule has 106 valence electrons. The molecular weight excluding hydrogens is 236 g/mol. The average Bonchev–Trinajstić information content (AvgIpc) is 2.43. The molecule has 19 heavy (non-hydrogen) atoms. The number of piperidine rings is 1. The number of nitrogen functional groups attached to an aromatic ring is 1. The number of anilines is 2. The third kappa shape index (κ3) is 3.34. The molecule has 0 aliphatic carbocycles. The highest BCUT2D eigenvalue weighted by molar-refractivity contribution is 5.62. The highest BCUT2D eigenvalue weighted by Crippen LogP contribution is 2.32. The first-order valence-electron chi connectivity index (χ1n) is 7.55. The predicted molar refractivity (Wildman–Crippen MR) is 81.9 cm³/mol. The topological polar surface area (TPSA) is 38.5 Å². The van der Waals surface area contributed by atoms with Crippen molar-refractivity contribution >= 4 is 11.4 Å². The van der Waals surface area contributed by atoms with E-state index in [0.717, 1.165) is 18.0 Å². The van der Waals surface area contributed by atoms with Gasteiger partial charge in [0.05, 0.1) is 12.3 Å². The lowest BCUT2D eigenvalue weighted by Crippen LogP contribution is -2.39. The van der Waals surface area contributed by atoms with E-state index in [1.54, 1.807) is 0 Å². The van der Waals surface area contributed by atoms with Crippen LogP contribution in [0.15, 0.2) is 18.2 Å². The molecule has 1 fully saturated rings. The van der Waals surface area contributed by atoms with Gasteiger partial charge in [-0.1, -0.05) is 13.3 Å². The molecule has 1 aromatic rings. The zero-order valence-electron chi connectivity index (χ0n) is 12.2. The van der Waals surface area contributed by atoms with Crippen LogP contribution >= 0.6 is 0 Å². The van der Waals surface area contributed by atoms with E-state index in [-0.39, 0.29) is 0 Å². The lowest BCUT2D eigenvalue weighted by atomic mass is 9.97. The fraction of sp³-hybridized carbons (Fsp3) is 0.625. The number of nitrogens with zero attached hydrogens (tertiary/aromatic N) is 1. The molecule has 1 aromatic carbocycles. The van der Waals surface area contributed by atoms with Crippen LogP contribution in [0.25, 0.3) is 0 Å². The number of ether oxygens (including phenoxy) is 1. The first kappa shape index (κ1) is 14.0. The molecule has 0 amide bonds. The van der Waals surface area contributed by atoms with Gasteiger partial charge >= 0.3 is 0 Å². The Kier molecular flexibility index (Phi) is 4.94.